The molecule has 0 amide bonds. The van der Waals surface area contributed by atoms with E-state index in [1.807, 2.05) is 6.20 Å². The van der Waals surface area contributed by atoms with Crippen molar-refractivity contribution in [2.24, 2.45) is 0 Å². The molecule has 7 heteroatoms. The number of imidazole rings is 1. The van der Waals surface area contributed by atoms with Crippen LogP contribution in [0.3, 0.4) is 0 Å². The molecule has 1 aromatic heterocycles. The summed E-state index contributed by atoms with van der Waals surface area (Å²) in [5.41, 5.74) is 0. The van der Waals surface area contributed by atoms with Crippen LogP contribution < -0.4 is 0 Å². The molecule has 0 N–H and O–H groups in total. The highest BCUT2D eigenvalue weighted by atomic mass is 16.5. The van der Waals surface area contributed by atoms with Crippen molar-refractivity contribution in [3.8, 4) is 0 Å². The molecular weight excluding hydrogens is 647 g/mol. The van der Waals surface area contributed by atoms with Gasteiger partial charge in [-0.15, -0.1) is 0 Å². The highest BCUT2D eigenvalue weighted by Crippen LogP contribution is 2.18. The Kier molecular flexibility index (Phi) is 33.4. The Morgan fingerprint density at radius 3 is 1.65 bits per heavy atom. The van der Waals surface area contributed by atoms with Crippen LogP contribution >= 0.6 is 0 Å². The molecule has 7 nitrogen and oxygen atoms in total. The zero-order chi connectivity index (χ0) is 37.7. The first-order chi connectivity index (χ1) is 25.5. The molecule has 1 aromatic rings. The summed E-state index contributed by atoms with van der Waals surface area (Å²) in [6.07, 6.45) is 38.6. The minimum absolute atomic E-state index is 0.0159. The van der Waals surface area contributed by atoms with Gasteiger partial charge in [0.25, 0.3) is 0 Å². The number of unbranched alkanes of at least 4 members (excludes halogenated alkanes) is 20. The Hall–Kier alpha value is -1.89. The van der Waals surface area contributed by atoms with Gasteiger partial charge in [0.2, 0.25) is 0 Å². The van der Waals surface area contributed by atoms with Crippen LogP contribution in [0.5, 0.6) is 0 Å². The minimum Gasteiger partial charge on any atom is -0.466 e. The molecule has 0 spiro atoms. The maximum absolute atomic E-state index is 12.8. The Morgan fingerprint density at radius 2 is 1.08 bits per heavy atom. The second-order valence-electron chi connectivity index (χ2n) is 15.6. The summed E-state index contributed by atoms with van der Waals surface area (Å²) >= 11 is 0. The molecule has 0 bridgehead atoms. The van der Waals surface area contributed by atoms with Crippen LogP contribution in [0.15, 0.2) is 12.4 Å². The molecule has 0 saturated carbocycles. The van der Waals surface area contributed by atoms with Crippen LogP contribution in [0.1, 0.15) is 219 Å². The Morgan fingerprint density at radius 1 is 0.596 bits per heavy atom. The summed E-state index contributed by atoms with van der Waals surface area (Å²) < 4.78 is 13.8. The van der Waals surface area contributed by atoms with Crippen molar-refractivity contribution in [3.63, 3.8) is 0 Å². The number of nitrogens with zero attached hydrogens (tertiary/aromatic N) is 3. The van der Waals surface area contributed by atoms with Crippen molar-refractivity contribution in [1.29, 1.82) is 0 Å². The summed E-state index contributed by atoms with van der Waals surface area (Å²) in [6.45, 7) is 13.4. The van der Waals surface area contributed by atoms with Crippen molar-refractivity contribution >= 4 is 11.9 Å². The van der Waals surface area contributed by atoms with Crippen LogP contribution in [0, 0.1) is 6.92 Å². The fourth-order valence-corrected chi connectivity index (χ4v) is 7.15. The smallest absolute Gasteiger partial charge is 0.306 e. The van der Waals surface area contributed by atoms with Crippen LogP contribution in [0.25, 0.3) is 0 Å². The van der Waals surface area contributed by atoms with Gasteiger partial charge in [-0.05, 0) is 84.3 Å². The molecule has 1 heterocycles. The Bertz CT molecular complexity index is 919. The lowest BCUT2D eigenvalue weighted by Crippen LogP contribution is -2.28. The lowest BCUT2D eigenvalue weighted by atomic mass is 10.0. The van der Waals surface area contributed by atoms with Gasteiger partial charge in [0.15, 0.2) is 0 Å². The van der Waals surface area contributed by atoms with E-state index in [-0.39, 0.29) is 18.0 Å². The second kappa shape index (κ2) is 36.1. The third-order valence-electron chi connectivity index (χ3n) is 10.6. The van der Waals surface area contributed by atoms with E-state index in [4.69, 9.17) is 9.47 Å². The molecule has 0 aliphatic carbocycles. The van der Waals surface area contributed by atoms with Gasteiger partial charge in [0.1, 0.15) is 11.9 Å². The highest BCUT2D eigenvalue weighted by Gasteiger charge is 2.15. The van der Waals surface area contributed by atoms with Crippen LogP contribution in [-0.2, 0) is 25.6 Å². The molecule has 0 unspecified atom stereocenters. The number of ether oxygens (including phenoxy) is 2. The first-order valence-corrected chi connectivity index (χ1v) is 22.5. The molecular formula is C45H85N3O4. The molecule has 0 fully saturated rings. The predicted octanol–water partition coefficient (Wildman–Crippen LogP) is 12.7. The summed E-state index contributed by atoms with van der Waals surface area (Å²) in [4.78, 5) is 32.1. The van der Waals surface area contributed by atoms with Crippen molar-refractivity contribution < 1.29 is 19.1 Å². The number of aromatic nitrogens is 2. The maximum Gasteiger partial charge on any atom is 0.306 e. The Labute approximate surface area is 322 Å². The molecule has 0 aliphatic heterocycles. The predicted molar refractivity (Wildman–Crippen MR) is 220 cm³/mol. The standard InChI is InChI=1S/C45H85N3O4/c1-5-8-11-14-17-23-28-41-51-44(49)34-29-37-47(38-30-39-48-40-35-46-42(48)4)36-27-22-18-21-26-33-45(50)52-43(31-24-19-15-12-9-6-2)32-25-20-16-13-10-7-3/h35,40,43H,5-34,36-39,41H2,1-4H3. The quantitative estimate of drug-likeness (QED) is 0.0496. The summed E-state index contributed by atoms with van der Waals surface area (Å²) in [6, 6.07) is 0. The molecule has 52 heavy (non-hydrogen) atoms. The van der Waals surface area contributed by atoms with Gasteiger partial charge >= 0.3 is 11.9 Å². The summed E-state index contributed by atoms with van der Waals surface area (Å²) in [5, 5.41) is 0. The molecule has 304 valence electrons. The van der Waals surface area contributed by atoms with E-state index in [0.29, 0.717) is 19.4 Å². The highest BCUT2D eigenvalue weighted by molar-refractivity contribution is 5.69. The van der Waals surface area contributed by atoms with E-state index < -0.39 is 0 Å². The number of hydrogen-bond donors (Lipinski definition) is 0. The molecule has 0 radical (unpaired) electrons. The molecule has 0 aromatic carbocycles. The van der Waals surface area contributed by atoms with Gasteiger partial charge in [-0.2, -0.15) is 0 Å². The van der Waals surface area contributed by atoms with Crippen molar-refractivity contribution in [3.05, 3.63) is 18.2 Å². The monoisotopic (exact) mass is 732 g/mol. The number of aryl methyl sites for hydroxylation is 2. The Balaban J connectivity index is 2.33. The number of hydrogen-bond acceptors (Lipinski definition) is 6. The minimum atomic E-state index is -0.0466. The van der Waals surface area contributed by atoms with Gasteiger partial charge in [-0.1, -0.05) is 143 Å². The van der Waals surface area contributed by atoms with Gasteiger partial charge < -0.3 is 18.9 Å². The second-order valence-corrected chi connectivity index (χ2v) is 15.6. The topological polar surface area (TPSA) is 73.7 Å². The fourth-order valence-electron chi connectivity index (χ4n) is 7.15. The SMILES string of the molecule is CCCCCCCCCOC(=O)CCCN(CCCCCCCC(=O)OC(CCCCCCCC)CCCCCCCC)CCCn1ccnc1C. The van der Waals surface area contributed by atoms with E-state index >= 15 is 0 Å². The van der Waals surface area contributed by atoms with Crippen molar-refractivity contribution in [2.45, 2.75) is 233 Å². The van der Waals surface area contributed by atoms with Crippen LogP contribution in [-0.4, -0.2) is 58.7 Å². The number of carbonyl (C=O) groups is 2. The number of esters is 2. The maximum atomic E-state index is 12.8. The normalized spacial score (nSPS) is 11.6. The van der Waals surface area contributed by atoms with Crippen molar-refractivity contribution in [1.82, 2.24) is 14.5 Å². The molecule has 0 atom stereocenters. The zero-order valence-electron chi connectivity index (χ0n) is 35.0. The lowest BCUT2D eigenvalue weighted by molar-refractivity contribution is -0.150. The van der Waals surface area contributed by atoms with Gasteiger partial charge in [-0.25, -0.2) is 4.98 Å². The van der Waals surface area contributed by atoms with Gasteiger partial charge in [0, 0.05) is 31.8 Å². The van der Waals surface area contributed by atoms with E-state index in [2.05, 4.69) is 48.3 Å². The third-order valence-corrected chi connectivity index (χ3v) is 10.6. The van der Waals surface area contributed by atoms with Gasteiger partial charge in [0.05, 0.1) is 6.61 Å². The molecule has 1 rings (SSSR count). The van der Waals surface area contributed by atoms with Crippen molar-refractivity contribution in [2.75, 3.05) is 26.2 Å². The van der Waals surface area contributed by atoms with Crippen LogP contribution in [0.2, 0.25) is 0 Å². The zero-order valence-corrected chi connectivity index (χ0v) is 35.0. The first-order valence-electron chi connectivity index (χ1n) is 22.5. The first kappa shape index (κ1) is 48.1. The molecule has 0 saturated heterocycles. The van der Waals surface area contributed by atoms with Crippen LogP contribution in [0.4, 0.5) is 0 Å². The largest absolute Gasteiger partial charge is 0.466 e. The third kappa shape index (κ3) is 29.6. The van der Waals surface area contributed by atoms with E-state index in [1.165, 1.54) is 116 Å². The van der Waals surface area contributed by atoms with E-state index in [9.17, 15) is 9.59 Å². The van der Waals surface area contributed by atoms with E-state index in [0.717, 1.165) is 96.2 Å². The fraction of sp³-hybridized carbons (Fsp3) is 0.889. The summed E-state index contributed by atoms with van der Waals surface area (Å²) in [5.74, 6) is 1.03. The lowest BCUT2D eigenvalue weighted by Gasteiger charge is -2.22. The average Bonchev–Trinajstić information content (AvgIpc) is 3.55. The number of rotatable bonds is 39. The van der Waals surface area contributed by atoms with E-state index in [1.54, 1.807) is 0 Å². The average molecular weight is 732 g/mol. The summed E-state index contributed by atoms with van der Waals surface area (Å²) in [7, 11) is 0. The van der Waals surface area contributed by atoms with Gasteiger partial charge in [-0.3, -0.25) is 9.59 Å². The molecule has 0 aliphatic rings. The number of carbonyl (C=O) groups excluding carboxylic acids is 2.